The van der Waals surface area contributed by atoms with E-state index in [9.17, 15) is 9.59 Å². The van der Waals surface area contributed by atoms with E-state index in [1.54, 1.807) is 4.90 Å². The van der Waals surface area contributed by atoms with Crippen molar-refractivity contribution in [1.82, 2.24) is 19.7 Å². The van der Waals surface area contributed by atoms with Gasteiger partial charge in [0.1, 0.15) is 12.9 Å². The molecule has 1 aromatic rings. The largest absolute Gasteiger partial charge is 0.371 e. The van der Waals surface area contributed by atoms with Gasteiger partial charge in [-0.1, -0.05) is 0 Å². The number of H-pyrrole nitrogens is 1. The number of hydrogen-bond donors (Lipinski definition) is 1. The number of amides is 1. The highest BCUT2D eigenvalue weighted by Crippen LogP contribution is 2.26. The second kappa shape index (κ2) is 3.99. The zero-order valence-electron chi connectivity index (χ0n) is 9.33. The highest BCUT2D eigenvalue weighted by atomic mass is 16.5. The van der Waals surface area contributed by atoms with Crippen LogP contribution in [0.25, 0.3) is 0 Å². The minimum absolute atomic E-state index is 0.0475. The van der Waals surface area contributed by atoms with Crippen LogP contribution in [0.2, 0.25) is 0 Å². The van der Waals surface area contributed by atoms with E-state index in [-0.39, 0.29) is 30.3 Å². The van der Waals surface area contributed by atoms with Gasteiger partial charge in [-0.2, -0.15) is 5.10 Å². The summed E-state index contributed by atoms with van der Waals surface area (Å²) in [6, 6.07) is 0. The Kier molecular flexibility index (Phi) is 2.47. The van der Waals surface area contributed by atoms with E-state index in [0.29, 0.717) is 13.1 Å². The quantitative estimate of drug-likeness (QED) is 0.713. The number of carbonyl (C=O) groups excluding carboxylic acids is 1. The molecule has 2 saturated heterocycles. The van der Waals surface area contributed by atoms with E-state index < -0.39 is 0 Å². The van der Waals surface area contributed by atoms with Gasteiger partial charge < -0.3 is 9.64 Å². The Bertz CT molecular complexity index is 468. The molecule has 92 valence electrons. The first-order chi connectivity index (χ1) is 8.22. The number of carbonyl (C=O) groups is 1. The third-order valence-electron chi connectivity index (χ3n) is 3.32. The lowest BCUT2D eigenvalue weighted by atomic mass is 10.2. The fraction of sp³-hybridized carbons (Fsp3) is 0.700. The average Bonchev–Trinajstić information content (AvgIpc) is 2.86. The summed E-state index contributed by atoms with van der Waals surface area (Å²) in [5.41, 5.74) is -0.352. The van der Waals surface area contributed by atoms with Crippen molar-refractivity contribution < 1.29 is 9.53 Å². The summed E-state index contributed by atoms with van der Waals surface area (Å²) in [6.45, 7) is 1.33. The molecule has 2 bridgehead atoms. The van der Waals surface area contributed by atoms with Crippen LogP contribution in [0.15, 0.2) is 11.1 Å². The minimum Gasteiger partial charge on any atom is -0.371 e. The van der Waals surface area contributed by atoms with Crippen LogP contribution in [0.1, 0.15) is 12.8 Å². The van der Waals surface area contributed by atoms with Crippen LogP contribution < -0.4 is 5.69 Å². The molecule has 7 heteroatoms. The Morgan fingerprint density at radius 1 is 1.47 bits per heavy atom. The van der Waals surface area contributed by atoms with Crippen molar-refractivity contribution in [2.45, 2.75) is 31.6 Å². The second-order valence-corrected chi connectivity index (χ2v) is 4.55. The van der Waals surface area contributed by atoms with Gasteiger partial charge in [-0.3, -0.25) is 9.36 Å². The number of morpholine rings is 1. The van der Waals surface area contributed by atoms with E-state index in [2.05, 4.69) is 10.2 Å². The Hall–Kier alpha value is -1.63. The number of rotatable bonds is 2. The van der Waals surface area contributed by atoms with Crippen LogP contribution in [0.4, 0.5) is 0 Å². The molecule has 17 heavy (non-hydrogen) atoms. The molecular weight excluding hydrogens is 224 g/mol. The van der Waals surface area contributed by atoms with Gasteiger partial charge >= 0.3 is 5.69 Å². The van der Waals surface area contributed by atoms with Crippen LogP contribution in [-0.2, 0) is 16.1 Å². The van der Waals surface area contributed by atoms with Crippen molar-refractivity contribution in [3.63, 3.8) is 0 Å². The normalized spacial score (nSPS) is 27.4. The zero-order chi connectivity index (χ0) is 11.8. The van der Waals surface area contributed by atoms with Crippen LogP contribution in [-0.4, -0.2) is 50.9 Å². The summed E-state index contributed by atoms with van der Waals surface area (Å²) < 4.78 is 6.93. The maximum atomic E-state index is 12.0. The molecule has 2 aliphatic rings. The number of aromatic amines is 1. The molecule has 0 radical (unpaired) electrons. The van der Waals surface area contributed by atoms with Crippen molar-refractivity contribution in [1.29, 1.82) is 0 Å². The van der Waals surface area contributed by atoms with Crippen LogP contribution >= 0.6 is 0 Å². The van der Waals surface area contributed by atoms with E-state index in [1.165, 1.54) is 10.9 Å². The number of fused-ring (bicyclic) bond motifs is 2. The minimum atomic E-state index is -0.352. The number of likely N-dealkylation sites (tertiary alicyclic amines) is 1. The SMILES string of the molecule is O=C(Cn1cn[nH]c1=O)N1CC2CCC(C1)O2. The Morgan fingerprint density at radius 2 is 2.18 bits per heavy atom. The predicted octanol–water partition coefficient (Wildman–Crippen LogP) is -1.04. The lowest BCUT2D eigenvalue weighted by Gasteiger charge is -2.32. The van der Waals surface area contributed by atoms with Crippen molar-refractivity contribution >= 4 is 5.91 Å². The summed E-state index contributed by atoms with van der Waals surface area (Å²) in [4.78, 5) is 25.0. The first-order valence-corrected chi connectivity index (χ1v) is 5.75. The first-order valence-electron chi connectivity index (χ1n) is 5.75. The molecule has 7 nitrogen and oxygen atoms in total. The number of nitrogens with zero attached hydrogens (tertiary/aromatic N) is 3. The monoisotopic (exact) mass is 238 g/mol. The molecule has 3 rings (SSSR count). The van der Waals surface area contributed by atoms with Crippen molar-refractivity contribution in [2.24, 2.45) is 0 Å². The van der Waals surface area contributed by atoms with Gasteiger partial charge in [-0.05, 0) is 12.8 Å². The third kappa shape index (κ3) is 1.97. The number of ether oxygens (including phenoxy) is 1. The predicted molar refractivity (Wildman–Crippen MR) is 57.3 cm³/mol. The van der Waals surface area contributed by atoms with Crippen LogP contribution in [0.3, 0.4) is 0 Å². The highest BCUT2D eigenvalue weighted by molar-refractivity contribution is 5.76. The standard InChI is InChI=1S/C10H14N4O3/c15-9(5-14-6-11-12-10(14)16)13-3-7-1-2-8(4-13)17-7/h6-8H,1-5H2,(H,12,16). The lowest BCUT2D eigenvalue weighted by molar-refractivity contribution is -0.140. The van der Waals surface area contributed by atoms with Gasteiger partial charge in [0.2, 0.25) is 5.91 Å². The summed E-state index contributed by atoms with van der Waals surface area (Å²) >= 11 is 0. The second-order valence-electron chi connectivity index (χ2n) is 4.55. The van der Waals surface area contributed by atoms with Crippen LogP contribution in [0.5, 0.6) is 0 Å². The third-order valence-corrected chi connectivity index (χ3v) is 3.32. The van der Waals surface area contributed by atoms with Crippen molar-refractivity contribution in [3.8, 4) is 0 Å². The molecule has 3 heterocycles. The molecule has 2 fully saturated rings. The molecule has 0 spiro atoms. The Labute approximate surface area is 97.4 Å². The fourth-order valence-corrected chi connectivity index (χ4v) is 2.45. The topological polar surface area (TPSA) is 80.2 Å². The molecule has 1 aromatic heterocycles. The fourth-order valence-electron chi connectivity index (χ4n) is 2.45. The van der Waals surface area contributed by atoms with Gasteiger partial charge in [-0.15, -0.1) is 0 Å². The van der Waals surface area contributed by atoms with Gasteiger partial charge in [0, 0.05) is 13.1 Å². The zero-order valence-corrected chi connectivity index (χ0v) is 9.33. The number of hydrogen-bond acceptors (Lipinski definition) is 4. The van der Waals surface area contributed by atoms with Gasteiger partial charge in [0.25, 0.3) is 0 Å². The van der Waals surface area contributed by atoms with Crippen LogP contribution in [0, 0.1) is 0 Å². The maximum Gasteiger partial charge on any atom is 0.343 e. The molecule has 0 saturated carbocycles. The molecule has 2 aliphatic heterocycles. The molecule has 2 atom stereocenters. The smallest absolute Gasteiger partial charge is 0.343 e. The molecular formula is C10H14N4O3. The summed E-state index contributed by atoms with van der Waals surface area (Å²) in [5.74, 6) is -0.0475. The first kappa shape index (κ1) is 10.5. The van der Waals surface area contributed by atoms with E-state index >= 15 is 0 Å². The van der Waals surface area contributed by atoms with E-state index in [4.69, 9.17) is 4.74 Å². The Morgan fingerprint density at radius 3 is 2.76 bits per heavy atom. The van der Waals surface area contributed by atoms with Crippen molar-refractivity contribution in [3.05, 3.63) is 16.8 Å². The number of nitrogens with one attached hydrogen (secondary N) is 1. The molecule has 0 aromatic carbocycles. The molecule has 2 unspecified atom stereocenters. The lowest BCUT2D eigenvalue weighted by Crippen LogP contribution is -2.47. The molecule has 1 N–H and O–H groups in total. The van der Waals surface area contributed by atoms with Gasteiger partial charge in [-0.25, -0.2) is 9.89 Å². The van der Waals surface area contributed by atoms with Gasteiger partial charge in [0.05, 0.1) is 12.2 Å². The maximum absolute atomic E-state index is 12.0. The summed E-state index contributed by atoms with van der Waals surface area (Å²) in [5, 5.41) is 5.86. The van der Waals surface area contributed by atoms with Gasteiger partial charge in [0.15, 0.2) is 0 Å². The van der Waals surface area contributed by atoms with Crippen molar-refractivity contribution in [2.75, 3.05) is 13.1 Å². The highest BCUT2D eigenvalue weighted by Gasteiger charge is 2.35. The van der Waals surface area contributed by atoms with E-state index in [1.807, 2.05) is 0 Å². The summed E-state index contributed by atoms with van der Waals surface area (Å²) in [7, 11) is 0. The Balaban J connectivity index is 1.67. The molecule has 1 amide bonds. The number of aromatic nitrogens is 3. The van der Waals surface area contributed by atoms with E-state index in [0.717, 1.165) is 12.8 Å². The summed E-state index contributed by atoms with van der Waals surface area (Å²) in [6.07, 6.45) is 3.76. The average molecular weight is 238 g/mol. The molecule has 0 aliphatic carbocycles.